The van der Waals surface area contributed by atoms with Gasteiger partial charge in [0, 0.05) is 13.2 Å². The molecule has 0 fully saturated rings. The van der Waals surface area contributed by atoms with Crippen LogP contribution >= 0.6 is 0 Å². The first-order valence-electron chi connectivity index (χ1n) is 7.25. The summed E-state index contributed by atoms with van der Waals surface area (Å²) in [5.41, 5.74) is -0.848. The van der Waals surface area contributed by atoms with Gasteiger partial charge < -0.3 is 9.47 Å². The van der Waals surface area contributed by atoms with Gasteiger partial charge in [-0.25, -0.2) is 0 Å². The normalized spacial score (nSPS) is 11.9. The summed E-state index contributed by atoms with van der Waals surface area (Å²) in [6.45, 7) is 7.89. The Labute approximate surface area is 109 Å². The monoisotopic (exact) mass is 240 g/mol. The van der Waals surface area contributed by atoms with Gasteiger partial charge in [-0.15, -0.1) is 0 Å². The van der Waals surface area contributed by atoms with E-state index in [1.807, 2.05) is 0 Å². The zero-order valence-corrected chi connectivity index (χ0v) is 12.0. The molecule has 0 unspecified atom stereocenters. The van der Waals surface area contributed by atoms with Crippen molar-refractivity contribution in [1.82, 2.24) is 0 Å². The van der Waals surface area contributed by atoms with Crippen molar-refractivity contribution in [1.29, 1.82) is 0 Å². The minimum Gasteiger partial charge on any atom is -0.360 e. The van der Waals surface area contributed by atoms with Crippen LogP contribution in [0.15, 0.2) is 0 Å². The van der Waals surface area contributed by atoms with Crippen LogP contribution in [-0.2, 0) is 9.47 Å². The van der Waals surface area contributed by atoms with Crippen LogP contribution in [0.1, 0.15) is 72.1 Å². The Hall–Kier alpha value is -0.0151. The first kappa shape index (κ1) is 17.0. The van der Waals surface area contributed by atoms with Gasteiger partial charge in [0.1, 0.15) is 5.69 Å². The summed E-state index contributed by atoms with van der Waals surface area (Å²) < 4.78 is 11.4. The van der Waals surface area contributed by atoms with Crippen LogP contribution in [0.25, 0.3) is 0 Å². The summed E-state index contributed by atoms with van der Waals surface area (Å²) in [6.07, 6.45) is 8.60. The van der Waals surface area contributed by atoms with Crippen LogP contribution in [-0.4, -0.2) is 26.7 Å². The van der Waals surface area contributed by atoms with Crippen molar-refractivity contribution in [3.05, 3.63) is 0 Å². The largest absolute Gasteiger partial charge is 0.360 e. The van der Waals surface area contributed by atoms with Gasteiger partial charge in [0.25, 0.3) is 0 Å². The van der Waals surface area contributed by atoms with Gasteiger partial charge >= 0.3 is 0 Å². The fraction of sp³-hybridized carbons (Fsp3) is 1.00. The summed E-state index contributed by atoms with van der Waals surface area (Å²) in [4.78, 5) is 0. The predicted molar refractivity (Wildman–Crippen MR) is 74.3 cm³/mol. The predicted octanol–water partition coefficient (Wildman–Crippen LogP) is 4.02. The summed E-state index contributed by atoms with van der Waals surface area (Å²) >= 11 is 0. The maximum absolute atomic E-state index is 6.18. The second kappa shape index (κ2) is 11.1. The first-order valence-corrected chi connectivity index (χ1v) is 7.25. The summed E-state index contributed by atoms with van der Waals surface area (Å²) in [5, 5.41) is 0. The molecule has 17 heavy (non-hydrogen) atoms. The highest BCUT2D eigenvalue weighted by atomic mass is 16.7. The molecule has 0 saturated heterocycles. The molecule has 0 aliphatic carbocycles. The van der Waals surface area contributed by atoms with Gasteiger partial charge in [0.05, 0.1) is 0 Å². The number of ether oxygens (including phenoxy) is 2. The highest BCUT2D eigenvalue weighted by Gasteiger charge is 2.23. The van der Waals surface area contributed by atoms with E-state index in [1.165, 1.54) is 12.8 Å². The Morgan fingerprint density at radius 2 is 1.24 bits per heavy atom. The van der Waals surface area contributed by atoms with Crippen molar-refractivity contribution in [2.75, 3.05) is 13.2 Å². The van der Waals surface area contributed by atoms with Crippen LogP contribution < -0.4 is 0 Å². The standard InChI is InChI=1S/C14H29BO2/c1-4-7-10-11-14(15,16-12-8-5-2)17-13-9-6-3/h4-13H2,1-3H3. The Balaban J connectivity index is 3.95. The zero-order chi connectivity index (χ0) is 13.0. The molecule has 0 spiro atoms. The molecule has 3 heteroatoms. The Bertz CT molecular complexity index is 136. The van der Waals surface area contributed by atoms with E-state index in [9.17, 15) is 0 Å². The first-order chi connectivity index (χ1) is 8.18. The molecule has 0 rings (SSSR count). The van der Waals surface area contributed by atoms with Crippen LogP contribution in [0, 0.1) is 0 Å². The van der Waals surface area contributed by atoms with E-state index in [1.54, 1.807) is 0 Å². The smallest absolute Gasteiger partial charge is 0.154 e. The Kier molecular flexibility index (Phi) is 11.1. The van der Waals surface area contributed by atoms with E-state index in [0.29, 0.717) is 13.2 Å². The molecule has 100 valence electrons. The quantitative estimate of drug-likeness (QED) is 0.291. The number of rotatable bonds is 12. The van der Waals surface area contributed by atoms with Gasteiger partial charge in [0.15, 0.2) is 7.85 Å². The Morgan fingerprint density at radius 3 is 1.65 bits per heavy atom. The molecule has 0 atom stereocenters. The fourth-order valence-corrected chi connectivity index (χ4v) is 1.59. The van der Waals surface area contributed by atoms with Crippen molar-refractivity contribution in [2.45, 2.75) is 77.8 Å². The summed E-state index contributed by atoms with van der Waals surface area (Å²) in [7, 11) is 6.18. The maximum atomic E-state index is 6.18. The SMILES string of the molecule is [B]C(CCCCC)(OCCCC)OCCCC. The highest BCUT2D eigenvalue weighted by molar-refractivity contribution is 6.13. The maximum Gasteiger partial charge on any atom is 0.154 e. The minimum atomic E-state index is -0.848. The van der Waals surface area contributed by atoms with Gasteiger partial charge in [-0.1, -0.05) is 46.5 Å². The van der Waals surface area contributed by atoms with E-state index in [2.05, 4.69) is 20.8 Å². The third-order valence-corrected chi connectivity index (χ3v) is 2.82. The van der Waals surface area contributed by atoms with Crippen LogP contribution in [0.5, 0.6) is 0 Å². The molecule has 2 radical (unpaired) electrons. The van der Waals surface area contributed by atoms with Crippen molar-refractivity contribution in [3.63, 3.8) is 0 Å². The van der Waals surface area contributed by atoms with Crippen molar-refractivity contribution in [3.8, 4) is 0 Å². The molecule has 0 aliphatic rings. The molecular weight excluding hydrogens is 211 g/mol. The number of hydrogen-bond acceptors (Lipinski definition) is 2. The molecule has 0 N–H and O–H groups in total. The van der Waals surface area contributed by atoms with Crippen molar-refractivity contribution >= 4 is 7.85 Å². The lowest BCUT2D eigenvalue weighted by Gasteiger charge is -2.31. The lowest BCUT2D eigenvalue weighted by atomic mass is 9.88. The minimum absolute atomic E-state index is 0.700. The third-order valence-electron chi connectivity index (χ3n) is 2.82. The summed E-state index contributed by atoms with van der Waals surface area (Å²) in [5.74, 6) is 0. The molecule has 0 saturated carbocycles. The fourth-order valence-electron chi connectivity index (χ4n) is 1.59. The van der Waals surface area contributed by atoms with Gasteiger partial charge in [0.2, 0.25) is 0 Å². The molecule has 0 amide bonds. The lowest BCUT2D eigenvalue weighted by Crippen LogP contribution is -2.37. The van der Waals surface area contributed by atoms with Gasteiger partial charge in [-0.3, -0.25) is 0 Å². The summed E-state index contributed by atoms with van der Waals surface area (Å²) in [6, 6.07) is 0. The molecule has 2 nitrogen and oxygen atoms in total. The number of unbranched alkanes of at least 4 members (excludes halogenated alkanes) is 4. The second-order valence-electron chi connectivity index (χ2n) is 4.67. The van der Waals surface area contributed by atoms with Gasteiger partial charge in [-0.2, -0.15) is 0 Å². The topological polar surface area (TPSA) is 18.5 Å². The molecule has 0 aromatic heterocycles. The molecule has 0 bridgehead atoms. The average molecular weight is 240 g/mol. The van der Waals surface area contributed by atoms with Gasteiger partial charge in [-0.05, 0) is 25.7 Å². The Morgan fingerprint density at radius 1 is 0.765 bits per heavy atom. The van der Waals surface area contributed by atoms with E-state index in [4.69, 9.17) is 17.3 Å². The van der Waals surface area contributed by atoms with Crippen LogP contribution in [0.4, 0.5) is 0 Å². The lowest BCUT2D eigenvalue weighted by molar-refractivity contribution is -0.184. The van der Waals surface area contributed by atoms with Crippen LogP contribution in [0.3, 0.4) is 0 Å². The zero-order valence-electron chi connectivity index (χ0n) is 12.0. The van der Waals surface area contributed by atoms with Crippen molar-refractivity contribution < 1.29 is 9.47 Å². The van der Waals surface area contributed by atoms with Crippen molar-refractivity contribution in [2.24, 2.45) is 0 Å². The second-order valence-corrected chi connectivity index (χ2v) is 4.67. The van der Waals surface area contributed by atoms with E-state index in [0.717, 1.165) is 38.5 Å². The van der Waals surface area contributed by atoms with E-state index < -0.39 is 5.69 Å². The number of hydrogen-bond donors (Lipinski definition) is 0. The molecular formula is C14H29BO2. The molecule has 0 aromatic rings. The highest BCUT2D eigenvalue weighted by Crippen LogP contribution is 2.19. The van der Waals surface area contributed by atoms with E-state index in [-0.39, 0.29) is 0 Å². The van der Waals surface area contributed by atoms with E-state index >= 15 is 0 Å². The molecule has 0 aliphatic heterocycles. The molecule has 0 aromatic carbocycles. The third kappa shape index (κ3) is 9.67. The molecule has 0 heterocycles. The average Bonchev–Trinajstić information content (AvgIpc) is 2.30. The van der Waals surface area contributed by atoms with Crippen LogP contribution in [0.2, 0.25) is 0 Å².